The second-order valence-corrected chi connectivity index (χ2v) is 10.0. The molecule has 0 radical (unpaired) electrons. The Labute approximate surface area is 209 Å². The molecule has 3 amide bonds. The summed E-state index contributed by atoms with van der Waals surface area (Å²) in [6, 6.07) is 3.63. The molecular formula is C24H33N5O5S. The maximum atomic E-state index is 11.6. The van der Waals surface area contributed by atoms with Crippen LogP contribution in [0.4, 0.5) is 14.7 Å². The molecule has 1 atom stereocenters. The minimum atomic E-state index is -0.931. The molecule has 0 unspecified atom stereocenters. The molecule has 0 spiro atoms. The Morgan fingerprint density at radius 1 is 1.29 bits per heavy atom. The van der Waals surface area contributed by atoms with Crippen molar-refractivity contribution in [2.75, 3.05) is 38.2 Å². The Morgan fingerprint density at radius 2 is 2.00 bits per heavy atom. The van der Waals surface area contributed by atoms with Crippen molar-refractivity contribution in [3.05, 3.63) is 12.1 Å². The Bertz CT molecular complexity index is 1090. The fourth-order valence-electron chi connectivity index (χ4n) is 3.60. The summed E-state index contributed by atoms with van der Waals surface area (Å²) in [6.45, 7) is 10.5. The molecule has 1 saturated heterocycles. The van der Waals surface area contributed by atoms with E-state index in [4.69, 9.17) is 9.47 Å². The maximum absolute atomic E-state index is 11.6. The lowest BCUT2D eigenvalue weighted by Crippen LogP contribution is -2.46. The number of carboxylic acid groups (broad SMARTS) is 1. The monoisotopic (exact) mass is 503 g/mol. The van der Waals surface area contributed by atoms with Crippen LogP contribution in [-0.4, -0.2) is 71.5 Å². The zero-order valence-corrected chi connectivity index (χ0v) is 21.4. The normalized spacial score (nSPS) is 15.4. The van der Waals surface area contributed by atoms with E-state index in [9.17, 15) is 14.7 Å². The van der Waals surface area contributed by atoms with Crippen molar-refractivity contribution in [3.63, 3.8) is 0 Å². The Balaban J connectivity index is 0.000000420. The van der Waals surface area contributed by atoms with Crippen molar-refractivity contribution in [2.24, 2.45) is 0 Å². The molecule has 0 aliphatic carbocycles. The van der Waals surface area contributed by atoms with Gasteiger partial charge in [-0.25, -0.2) is 14.6 Å². The number of thiazole rings is 1. The van der Waals surface area contributed by atoms with Crippen molar-refractivity contribution in [2.45, 2.75) is 52.1 Å². The van der Waals surface area contributed by atoms with Gasteiger partial charge < -0.3 is 35.4 Å². The number of carbonyl (C=O) groups excluding carboxylic acids is 1. The zero-order chi connectivity index (χ0) is 25.4. The number of fused-ring (bicyclic) bond motifs is 3. The minimum Gasteiger partial charge on any atom is -0.486 e. The van der Waals surface area contributed by atoms with E-state index in [1.165, 1.54) is 16.2 Å². The second kappa shape index (κ2) is 11.8. The predicted octanol–water partition coefficient (Wildman–Crippen LogP) is 3.73. The van der Waals surface area contributed by atoms with E-state index < -0.39 is 11.6 Å². The van der Waals surface area contributed by atoms with E-state index in [-0.39, 0.29) is 12.1 Å². The molecule has 2 aliphatic heterocycles. The summed E-state index contributed by atoms with van der Waals surface area (Å²) >= 11 is 1.51. The first-order valence-corrected chi connectivity index (χ1v) is 12.4. The van der Waals surface area contributed by atoms with Gasteiger partial charge in [-0.2, -0.15) is 0 Å². The molecule has 0 bridgehead atoms. The Kier molecular flexibility index (Phi) is 8.87. The number of carbonyl (C=O) groups is 2. The number of ether oxygens (including phenoxy) is 2. The second-order valence-electron chi connectivity index (χ2n) is 8.98. The molecule has 2 aromatic rings. The van der Waals surface area contributed by atoms with Crippen LogP contribution in [0.2, 0.25) is 0 Å². The standard InChI is InChI=1S/C20H25N3O4S.C4H8N2O/c1-5-6-13(9-10-23(19(24)25)20(2,3)4)21-18-22-16-15(28-18)8-7-14-17(16)27-12-11-26-14;7-4-5-2-1-3-6-4/h7-8,13H,9-12H2,1-4H3,(H,21,22)(H,24,25);1-3H2,(H2,5,6,7)/t13-;/m0./s1. The third kappa shape index (κ3) is 7.29. The predicted molar refractivity (Wildman–Crippen MR) is 137 cm³/mol. The third-order valence-electron chi connectivity index (χ3n) is 5.29. The molecule has 11 heteroatoms. The highest BCUT2D eigenvalue weighted by Gasteiger charge is 2.27. The molecule has 0 saturated carbocycles. The van der Waals surface area contributed by atoms with Crippen molar-refractivity contribution in [1.82, 2.24) is 20.5 Å². The van der Waals surface area contributed by atoms with Gasteiger partial charge in [0.2, 0.25) is 0 Å². The van der Waals surface area contributed by atoms with E-state index in [2.05, 4.69) is 32.8 Å². The van der Waals surface area contributed by atoms with Crippen LogP contribution in [0.5, 0.6) is 11.5 Å². The first kappa shape index (κ1) is 26.2. The number of hydrogen-bond donors (Lipinski definition) is 4. The van der Waals surface area contributed by atoms with Gasteiger partial charge in [-0.05, 0) is 52.7 Å². The van der Waals surface area contributed by atoms with Crippen LogP contribution in [0.15, 0.2) is 12.1 Å². The number of urea groups is 1. The Morgan fingerprint density at radius 3 is 2.60 bits per heavy atom. The van der Waals surface area contributed by atoms with E-state index in [1.807, 2.05) is 32.9 Å². The molecule has 190 valence electrons. The van der Waals surface area contributed by atoms with Crippen molar-refractivity contribution in [3.8, 4) is 23.3 Å². The van der Waals surface area contributed by atoms with Gasteiger partial charge >= 0.3 is 12.1 Å². The number of benzene rings is 1. The lowest BCUT2D eigenvalue weighted by atomic mass is 10.1. The highest BCUT2D eigenvalue weighted by molar-refractivity contribution is 7.22. The van der Waals surface area contributed by atoms with Gasteiger partial charge in [-0.1, -0.05) is 17.3 Å². The number of amides is 3. The van der Waals surface area contributed by atoms with E-state index in [0.717, 1.165) is 34.9 Å². The molecular weight excluding hydrogens is 470 g/mol. The van der Waals surface area contributed by atoms with Crippen LogP contribution in [-0.2, 0) is 0 Å². The fourth-order valence-corrected chi connectivity index (χ4v) is 4.51. The molecule has 2 aliphatic rings. The number of anilines is 1. The molecule has 1 aromatic heterocycles. The van der Waals surface area contributed by atoms with Crippen molar-refractivity contribution >= 4 is 38.8 Å². The molecule has 10 nitrogen and oxygen atoms in total. The molecule has 1 aromatic carbocycles. The van der Waals surface area contributed by atoms with Crippen LogP contribution < -0.4 is 25.4 Å². The van der Waals surface area contributed by atoms with Crippen molar-refractivity contribution < 1.29 is 24.2 Å². The lowest BCUT2D eigenvalue weighted by Gasteiger charge is -2.33. The molecule has 1 fully saturated rings. The summed E-state index contributed by atoms with van der Waals surface area (Å²) in [4.78, 5) is 27.9. The molecule has 4 N–H and O–H groups in total. The summed E-state index contributed by atoms with van der Waals surface area (Å²) in [5, 5.41) is 18.8. The quantitative estimate of drug-likeness (QED) is 0.458. The number of aromatic nitrogens is 1. The summed E-state index contributed by atoms with van der Waals surface area (Å²) < 4.78 is 12.3. The maximum Gasteiger partial charge on any atom is 0.407 e. The summed E-state index contributed by atoms with van der Waals surface area (Å²) in [7, 11) is 0. The first-order chi connectivity index (χ1) is 16.7. The average Bonchev–Trinajstić information content (AvgIpc) is 3.22. The summed E-state index contributed by atoms with van der Waals surface area (Å²) in [5.41, 5.74) is 0.303. The summed E-state index contributed by atoms with van der Waals surface area (Å²) in [6.07, 6.45) is 0.670. The van der Waals surface area contributed by atoms with Gasteiger partial charge in [0.05, 0.1) is 10.7 Å². The Hall–Kier alpha value is -3.39. The fraction of sp³-hybridized carbons (Fsp3) is 0.542. The van der Waals surface area contributed by atoms with Crippen LogP contribution >= 0.6 is 11.3 Å². The smallest absolute Gasteiger partial charge is 0.407 e. The van der Waals surface area contributed by atoms with Gasteiger partial charge in [0.15, 0.2) is 16.6 Å². The number of nitrogens with zero attached hydrogens (tertiary/aromatic N) is 2. The third-order valence-corrected chi connectivity index (χ3v) is 6.24. The number of hydrogen-bond acceptors (Lipinski definition) is 7. The van der Waals surface area contributed by atoms with E-state index >= 15 is 0 Å². The minimum absolute atomic E-state index is 0.0359. The van der Waals surface area contributed by atoms with E-state index in [0.29, 0.717) is 37.7 Å². The van der Waals surface area contributed by atoms with Gasteiger partial charge in [0.25, 0.3) is 0 Å². The first-order valence-electron chi connectivity index (χ1n) is 11.6. The average molecular weight is 504 g/mol. The topological polar surface area (TPSA) is 125 Å². The van der Waals surface area contributed by atoms with Crippen LogP contribution in [0, 0.1) is 11.8 Å². The number of nitrogens with one attached hydrogen (secondary N) is 3. The highest BCUT2D eigenvalue weighted by atomic mass is 32.1. The highest BCUT2D eigenvalue weighted by Crippen LogP contribution is 2.40. The largest absolute Gasteiger partial charge is 0.486 e. The molecule has 3 heterocycles. The lowest BCUT2D eigenvalue weighted by molar-refractivity contribution is 0.0994. The molecule has 35 heavy (non-hydrogen) atoms. The van der Waals surface area contributed by atoms with Gasteiger partial charge in [-0.15, -0.1) is 5.92 Å². The van der Waals surface area contributed by atoms with Gasteiger partial charge in [-0.3, -0.25) is 0 Å². The van der Waals surface area contributed by atoms with Crippen LogP contribution in [0.25, 0.3) is 10.2 Å². The zero-order valence-electron chi connectivity index (χ0n) is 20.6. The summed E-state index contributed by atoms with van der Waals surface area (Å²) in [5.74, 6) is 7.42. The van der Waals surface area contributed by atoms with Gasteiger partial charge in [0.1, 0.15) is 18.7 Å². The van der Waals surface area contributed by atoms with Crippen LogP contribution in [0.1, 0.15) is 40.5 Å². The van der Waals surface area contributed by atoms with E-state index in [1.54, 1.807) is 6.92 Å². The SMILES string of the molecule is CC#C[C@@H](CCN(C(=O)O)C(C)(C)C)Nc1nc2c3c(ccc2s1)OCCO3.O=C1NCCCN1. The van der Waals surface area contributed by atoms with Gasteiger partial charge in [0, 0.05) is 25.2 Å². The van der Waals surface area contributed by atoms with Crippen LogP contribution in [0.3, 0.4) is 0 Å². The number of rotatable bonds is 5. The van der Waals surface area contributed by atoms with Crippen molar-refractivity contribution in [1.29, 1.82) is 0 Å². The molecule has 4 rings (SSSR count).